The van der Waals surface area contributed by atoms with Crippen molar-refractivity contribution in [3.8, 4) is 0 Å². The van der Waals surface area contributed by atoms with Crippen LogP contribution in [0, 0.1) is 5.92 Å². The van der Waals surface area contributed by atoms with E-state index in [0.717, 1.165) is 6.32 Å². The average Bonchev–Trinajstić information content (AvgIpc) is 2.40. The van der Waals surface area contributed by atoms with E-state index in [1.165, 1.54) is 0 Å². The molecule has 3 nitrogen and oxygen atoms in total. The van der Waals surface area contributed by atoms with Crippen LogP contribution in [-0.4, -0.2) is 32.0 Å². The molecule has 58 valence electrons. The highest BCUT2D eigenvalue weighted by atomic mass is 16.6. The van der Waals surface area contributed by atoms with Crippen molar-refractivity contribution in [2.75, 3.05) is 19.8 Å². The van der Waals surface area contributed by atoms with Crippen LogP contribution in [0.5, 0.6) is 0 Å². The molecule has 1 rings (SSSR count). The van der Waals surface area contributed by atoms with Crippen LogP contribution in [0.1, 0.15) is 6.92 Å². The molecule has 0 amide bonds. The first kappa shape index (κ1) is 8.05. The molecule has 0 unspecified atom stereocenters. The van der Waals surface area contributed by atoms with Gasteiger partial charge in [0.05, 0.1) is 13.2 Å². The maximum atomic E-state index is 8.68. The summed E-state index contributed by atoms with van der Waals surface area (Å²) in [5.74, 6) is 0.281. The fraction of sp³-hybridized carbons (Fsp3) is 1.00. The van der Waals surface area contributed by atoms with E-state index >= 15 is 0 Å². The number of hydrogen-bond acceptors (Lipinski definition) is 3. The second kappa shape index (κ2) is 3.96. The van der Waals surface area contributed by atoms with Crippen LogP contribution in [0.3, 0.4) is 0 Å². The van der Waals surface area contributed by atoms with Gasteiger partial charge >= 0.3 is 7.12 Å². The molecule has 1 N–H and O–H groups in total. The first-order chi connectivity index (χ1) is 4.83. The van der Waals surface area contributed by atoms with Gasteiger partial charge in [0, 0.05) is 6.61 Å². The predicted octanol–water partition coefficient (Wildman–Crippen LogP) is 0.150. The summed E-state index contributed by atoms with van der Waals surface area (Å²) in [7, 11) is -0.0675. The molecule has 1 saturated heterocycles. The van der Waals surface area contributed by atoms with Crippen LogP contribution in [-0.2, 0) is 9.31 Å². The first-order valence-electron chi connectivity index (χ1n) is 3.67. The molecule has 4 heteroatoms. The lowest BCUT2D eigenvalue weighted by molar-refractivity contribution is 0.239. The fourth-order valence-corrected chi connectivity index (χ4v) is 0.946. The second-order valence-corrected chi connectivity index (χ2v) is 2.69. The van der Waals surface area contributed by atoms with E-state index < -0.39 is 0 Å². The van der Waals surface area contributed by atoms with Gasteiger partial charge in [-0.05, 0) is 12.2 Å². The molecule has 1 heterocycles. The normalized spacial score (nSPS) is 21.6. The van der Waals surface area contributed by atoms with Crippen LogP contribution in [0.15, 0.2) is 0 Å². The molecule has 0 aromatic heterocycles. The molecule has 0 radical (unpaired) electrons. The van der Waals surface area contributed by atoms with Gasteiger partial charge in [-0.15, -0.1) is 0 Å². The van der Waals surface area contributed by atoms with E-state index in [4.69, 9.17) is 14.4 Å². The Labute approximate surface area is 61.5 Å². The lowest BCUT2D eigenvalue weighted by Crippen LogP contribution is -2.18. The number of aliphatic hydroxyl groups is 1. The van der Waals surface area contributed by atoms with Gasteiger partial charge in [0.2, 0.25) is 0 Å². The highest BCUT2D eigenvalue weighted by molar-refractivity contribution is 6.44. The molecule has 10 heavy (non-hydrogen) atoms. The van der Waals surface area contributed by atoms with Gasteiger partial charge in [-0.3, -0.25) is 0 Å². The Bertz CT molecular complexity index is 93.0. The maximum absolute atomic E-state index is 8.68. The molecular formula is C6H13BO3. The molecule has 0 aromatic carbocycles. The standard InChI is InChI=1S/C6H13BO3/c1-6(5-8)4-7-9-2-3-10-7/h6,8H,2-5H2,1H3/t6-/m1/s1. The Morgan fingerprint density at radius 2 is 2.10 bits per heavy atom. The maximum Gasteiger partial charge on any atom is 0.457 e. The van der Waals surface area contributed by atoms with Gasteiger partial charge < -0.3 is 14.4 Å². The Kier molecular flexibility index (Phi) is 3.18. The Hall–Kier alpha value is -0.0551. The first-order valence-corrected chi connectivity index (χ1v) is 3.67. The van der Waals surface area contributed by atoms with Crippen molar-refractivity contribution in [1.29, 1.82) is 0 Å². The molecule has 1 aliphatic rings. The van der Waals surface area contributed by atoms with E-state index in [1.807, 2.05) is 6.92 Å². The molecule has 1 fully saturated rings. The number of aliphatic hydroxyl groups excluding tert-OH is 1. The average molecular weight is 144 g/mol. The second-order valence-electron chi connectivity index (χ2n) is 2.69. The van der Waals surface area contributed by atoms with Crippen LogP contribution in [0.4, 0.5) is 0 Å². The van der Waals surface area contributed by atoms with Crippen LogP contribution in [0.25, 0.3) is 0 Å². The van der Waals surface area contributed by atoms with E-state index in [-0.39, 0.29) is 19.6 Å². The van der Waals surface area contributed by atoms with E-state index in [9.17, 15) is 0 Å². The van der Waals surface area contributed by atoms with E-state index in [2.05, 4.69) is 0 Å². The summed E-state index contributed by atoms with van der Waals surface area (Å²) in [6, 6.07) is 0. The third-order valence-electron chi connectivity index (χ3n) is 1.60. The molecule has 1 atom stereocenters. The van der Waals surface area contributed by atoms with Crippen molar-refractivity contribution in [2.24, 2.45) is 5.92 Å². The summed E-state index contributed by atoms with van der Waals surface area (Å²) in [6.45, 7) is 3.58. The molecule has 0 spiro atoms. The van der Waals surface area contributed by atoms with Gasteiger partial charge in [-0.2, -0.15) is 0 Å². The van der Waals surface area contributed by atoms with Crippen molar-refractivity contribution < 1.29 is 14.4 Å². The summed E-state index contributed by atoms with van der Waals surface area (Å²) >= 11 is 0. The largest absolute Gasteiger partial charge is 0.457 e. The molecule has 0 bridgehead atoms. The van der Waals surface area contributed by atoms with Gasteiger partial charge in [0.25, 0.3) is 0 Å². The Morgan fingerprint density at radius 1 is 1.50 bits per heavy atom. The molecular weight excluding hydrogens is 131 g/mol. The van der Waals surface area contributed by atoms with Crippen molar-refractivity contribution >= 4 is 7.12 Å². The lowest BCUT2D eigenvalue weighted by atomic mass is 9.79. The minimum atomic E-state index is -0.0675. The fourth-order valence-electron chi connectivity index (χ4n) is 0.946. The van der Waals surface area contributed by atoms with Crippen molar-refractivity contribution in [1.82, 2.24) is 0 Å². The van der Waals surface area contributed by atoms with Gasteiger partial charge in [-0.25, -0.2) is 0 Å². The van der Waals surface area contributed by atoms with E-state index in [1.54, 1.807) is 0 Å². The molecule has 0 aromatic rings. The summed E-state index contributed by atoms with van der Waals surface area (Å²) in [5, 5.41) is 8.68. The highest BCUT2D eigenvalue weighted by Gasteiger charge is 2.25. The quantitative estimate of drug-likeness (QED) is 0.573. The lowest BCUT2D eigenvalue weighted by Gasteiger charge is -2.07. The zero-order valence-corrected chi connectivity index (χ0v) is 6.25. The molecule has 0 saturated carbocycles. The van der Waals surface area contributed by atoms with Gasteiger partial charge in [0.1, 0.15) is 0 Å². The van der Waals surface area contributed by atoms with Gasteiger partial charge in [0.15, 0.2) is 0 Å². The third-order valence-corrected chi connectivity index (χ3v) is 1.60. The Morgan fingerprint density at radius 3 is 2.60 bits per heavy atom. The van der Waals surface area contributed by atoms with Crippen LogP contribution in [0.2, 0.25) is 6.32 Å². The molecule has 0 aliphatic carbocycles. The highest BCUT2D eigenvalue weighted by Crippen LogP contribution is 2.11. The minimum Gasteiger partial charge on any atom is -0.409 e. The topological polar surface area (TPSA) is 38.7 Å². The monoisotopic (exact) mass is 144 g/mol. The van der Waals surface area contributed by atoms with Crippen molar-refractivity contribution in [2.45, 2.75) is 13.2 Å². The number of rotatable bonds is 3. The van der Waals surface area contributed by atoms with Gasteiger partial charge in [-0.1, -0.05) is 6.92 Å². The number of hydrogen-bond donors (Lipinski definition) is 1. The summed E-state index contributed by atoms with van der Waals surface area (Å²) in [4.78, 5) is 0. The summed E-state index contributed by atoms with van der Waals surface area (Å²) < 4.78 is 10.4. The summed E-state index contributed by atoms with van der Waals surface area (Å²) in [6.07, 6.45) is 0.802. The SMILES string of the molecule is C[C@@H](CO)CB1OCCO1. The predicted molar refractivity (Wildman–Crippen MR) is 38.7 cm³/mol. The van der Waals surface area contributed by atoms with Crippen LogP contribution >= 0.6 is 0 Å². The van der Waals surface area contributed by atoms with Crippen molar-refractivity contribution in [3.63, 3.8) is 0 Å². The van der Waals surface area contributed by atoms with Crippen LogP contribution < -0.4 is 0 Å². The smallest absolute Gasteiger partial charge is 0.409 e. The zero-order chi connectivity index (χ0) is 7.40. The third kappa shape index (κ3) is 2.29. The molecule has 1 aliphatic heterocycles. The summed E-state index contributed by atoms with van der Waals surface area (Å²) in [5.41, 5.74) is 0. The zero-order valence-electron chi connectivity index (χ0n) is 6.25. The van der Waals surface area contributed by atoms with Crippen molar-refractivity contribution in [3.05, 3.63) is 0 Å². The Balaban J connectivity index is 2.11. The van der Waals surface area contributed by atoms with E-state index in [0.29, 0.717) is 13.2 Å². The minimum absolute atomic E-state index is 0.0675.